The van der Waals surface area contributed by atoms with Gasteiger partial charge in [0.15, 0.2) is 0 Å². The molecule has 188 valence electrons. The molecule has 36 heavy (non-hydrogen) atoms. The molecule has 0 fully saturated rings. The zero-order valence-corrected chi connectivity index (χ0v) is 23.6. The van der Waals surface area contributed by atoms with Crippen molar-refractivity contribution in [1.82, 2.24) is 14.5 Å². The monoisotopic (exact) mass is 615 g/mol. The quantitative estimate of drug-likeness (QED) is 0.424. The molecule has 1 aromatic heterocycles. The summed E-state index contributed by atoms with van der Waals surface area (Å²) in [5.41, 5.74) is 11.8. The van der Waals surface area contributed by atoms with Crippen molar-refractivity contribution in [3.63, 3.8) is 0 Å². The van der Waals surface area contributed by atoms with Gasteiger partial charge >= 0.3 is 223 Å². The van der Waals surface area contributed by atoms with Crippen LogP contribution in [0.3, 0.4) is 0 Å². The van der Waals surface area contributed by atoms with Gasteiger partial charge in [0.2, 0.25) is 0 Å². The van der Waals surface area contributed by atoms with Gasteiger partial charge in [-0.05, 0) is 0 Å². The molecule has 0 radical (unpaired) electrons. The molecule has 0 bridgehead atoms. The first kappa shape index (κ1) is 24.6. The number of halogens is 1. The third-order valence-electron chi connectivity index (χ3n) is 6.17. The van der Waals surface area contributed by atoms with Crippen molar-refractivity contribution in [2.75, 3.05) is 5.73 Å². The third kappa shape index (κ3) is 4.45. The molecule has 0 amide bonds. The number of fused-ring (bicyclic) bond motifs is 2. The number of rotatable bonds is 5. The van der Waals surface area contributed by atoms with Gasteiger partial charge in [-0.15, -0.1) is 0 Å². The molecular weight excluding hydrogens is 587 g/mol. The Morgan fingerprint density at radius 2 is 1.94 bits per heavy atom. The molecule has 0 unspecified atom stereocenters. The standard InChI is InChI=1S/C27H28IN4O3S/c1-16-7-11-23(32-15-21(29)14-30-32)22-10-9-20(13-28-24(16)22)18(3)31-36(33,34)26-17(2)6-8-19-12-27(4,5)35-25(19)26/h6-11,13-15,31H,3,12,29H2,1-2,4-5H3/q-1. The fourth-order valence-electron chi connectivity index (χ4n) is 4.48. The molecule has 0 spiro atoms. The van der Waals surface area contributed by atoms with Crippen molar-refractivity contribution in [3.05, 3.63) is 90.5 Å². The summed E-state index contributed by atoms with van der Waals surface area (Å²) in [4.78, 5) is 0.178. The molecule has 2 aromatic carbocycles. The summed E-state index contributed by atoms with van der Waals surface area (Å²) in [5.74, 6) is 0.435. The summed E-state index contributed by atoms with van der Waals surface area (Å²) in [6.45, 7) is 11.9. The molecule has 0 aliphatic carbocycles. The van der Waals surface area contributed by atoms with Crippen LogP contribution in [0, 0.1) is 17.4 Å². The summed E-state index contributed by atoms with van der Waals surface area (Å²) in [6, 6.07) is 7.88. The van der Waals surface area contributed by atoms with Gasteiger partial charge in [-0.3, -0.25) is 0 Å². The van der Waals surface area contributed by atoms with Crippen molar-refractivity contribution in [2.24, 2.45) is 0 Å². The summed E-state index contributed by atoms with van der Waals surface area (Å²) in [7, 11) is -3.92. The summed E-state index contributed by atoms with van der Waals surface area (Å²) in [5, 5.41) is 4.37. The first-order valence-corrected chi connectivity index (χ1v) is 15.3. The molecule has 7 nitrogen and oxygen atoms in total. The number of nitrogens with zero attached hydrogens (tertiary/aromatic N) is 2. The molecule has 9 heteroatoms. The number of ether oxygens (including phenoxy) is 1. The van der Waals surface area contributed by atoms with E-state index >= 15 is 0 Å². The van der Waals surface area contributed by atoms with Crippen LogP contribution >= 0.6 is 0 Å². The Labute approximate surface area is 222 Å². The van der Waals surface area contributed by atoms with Crippen LogP contribution < -0.4 is 36.4 Å². The van der Waals surface area contributed by atoms with Crippen molar-refractivity contribution >= 4 is 21.8 Å². The minimum atomic E-state index is -3.92. The second-order valence-corrected chi connectivity index (χ2v) is 13.6. The van der Waals surface area contributed by atoms with Crippen LogP contribution in [0.25, 0.3) is 11.8 Å². The molecule has 0 saturated carbocycles. The number of hydrogen-bond acceptors (Lipinski definition) is 5. The normalized spacial score (nSPS) is 16.2. The number of hydrogen-bond donors (Lipinski definition) is 2. The Bertz CT molecular complexity index is 1580. The van der Waals surface area contributed by atoms with Gasteiger partial charge in [0.25, 0.3) is 0 Å². The number of nitrogen functional groups attached to an aromatic ring is 1. The van der Waals surface area contributed by atoms with Gasteiger partial charge in [-0.2, -0.15) is 0 Å². The summed E-state index contributed by atoms with van der Waals surface area (Å²) >= 11 is -0.569. The molecule has 2 aliphatic rings. The van der Waals surface area contributed by atoms with E-state index in [9.17, 15) is 8.42 Å². The first-order valence-electron chi connectivity index (χ1n) is 11.4. The number of aromatic nitrogens is 2. The SMILES string of the molecule is C=C(NS(=O)(=O)c1c(C)ccc2c1OC(C)(C)C2)C1=C[I-]c2c(C)ccc(-n3cc(N)cn3)c2C=C1. The molecule has 0 saturated heterocycles. The maximum absolute atomic E-state index is 13.6. The topological polar surface area (TPSA) is 99.2 Å². The molecule has 3 N–H and O–H groups in total. The number of sulfonamides is 1. The number of aryl methyl sites for hydroxylation is 2. The van der Waals surface area contributed by atoms with Crippen LogP contribution in [-0.4, -0.2) is 23.8 Å². The number of allylic oxidation sites excluding steroid dienone is 1. The molecule has 0 atom stereocenters. The second kappa shape index (κ2) is 8.81. The Hall–Kier alpha value is -3.05. The average Bonchev–Trinajstić information content (AvgIpc) is 3.26. The van der Waals surface area contributed by atoms with Crippen molar-refractivity contribution in [3.8, 4) is 11.4 Å². The van der Waals surface area contributed by atoms with Gasteiger partial charge in [0, 0.05) is 0 Å². The third-order valence-corrected chi connectivity index (χ3v) is 10.8. The van der Waals surface area contributed by atoms with Crippen LogP contribution in [0.1, 0.15) is 36.1 Å². The van der Waals surface area contributed by atoms with Crippen LogP contribution in [0.2, 0.25) is 0 Å². The molecule has 3 aromatic rings. The van der Waals surface area contributed by atoms with Gasteiger partial charge < -0.3 is 0 Å². The average molecular weight is 616 g/mol. The van der Waals surface area contributed by atoms with Gasteiger partial charge in [-0.25, -0.2) is 0 Å². The fraction of sp³-hybridized carbons (Fsp3) is 0.222. The van der Waals surface area contributed by atoms with Crippen LogP contribution in [0.4, 0.5) is 5.69 Å². The van der Waals surface area contributed by atoms with Gasteiger partial charge in [0.1, 0.15) is 0 Å². The fourth-order valence-corrected chi connectivity index (χ4v) is 8.63. The van der Waals surface area contributed by atoms with E-state index in [0.717, 1.165) is 22.4 Å². The van der Waals surface area contributed by atoms with Crippen LogP contribution in [0.15, 0.2) is 69.6 Å². The minimum absolute atomic E-state index is 0.178. The van der Waals surface area contributed by atoms with E-state index in [1.807, 2.05) is 44.2 Å². The van der Waals surface area contributed by atoms with Crippen LogP contribution in [-0.2, 0) is 16.4 Å². The Morgan fingerprint density at radius 3 is 2.67 bits per heavy atom. The zero-order valence-electron chi connectivity index (χ0n) is 20.6. The van der Waals surface area contributed by atoms with Gasteiger partial charge in [0.05, 0.1) is 0 Å². The predicted octanol–water partition coefficient (Wildman–Crippen LogP) is 1.45. The number of nitrogens with two attached hydrogens (primary N) is 1. The number of anilines is 1. The predicted molar refractivity (Wildman–Crippen MR) is 138 cm³/mol. The summed E-state index contributed by atoms with van der Waals surface area (Å²) < 4.78 is 41.0. The summed E-state index contributed by atoms with van der Waals surface area (Å²) in [6.07, 6.45) is 7.98. The molecule has 3 heterocycles. The van der Waals surface area contributed by atoms with Crippen LogP contribution in [0.5, 0.6) is 5.75 Å². The van der Waals surface area contributed by atoms with Crippen molar-refractivity contribution in [2.45, 2.75) is 44.6 Å². The van der Waals surface area contributed by atoms with E-state index in [0.29, 0.717) is 29.1 Å². The van der Waals surface area contributed by atoms with E-state index in [1.165, 1.54) is 9.13 Å². The van der Waals surface area contributed by atoms with E-state index in [4.69, 9.17) is 10.5 Å². The van der Waals surface area contributed by atoms with E-state index in [1.54, 1.807) is 24.0 Å². The van der Waals surface area contributed by atoms with E-state index in [2.05, 4.69) is 33.5 Å². The van der Waals surface area contributed by atoms with E-state index < -0.39 is 36.8 Å². The Morgan fingerprint density at radius 1 is 1.19 bits per heavy atom. The molecular formula is C27H28IN4O3S-. The van der Waals surface area contributed by atoms with Gasteiger partial charge in [-0.1, -0.05) is 0 Å². The number of nitrogens with one attached hydrogen (secondary N) is 1. The number of benzene rings is 2. The van der Waals surface area contributed by atoms with Crippen molar-refractivity contribution < 1.29 is 34.4 Å². The maximum atomic E-state index is 13.6. The molecule has 2 aliphatic heterocycles. The Balaban J connectivity index is 1.46. The Kier molecular flexibility index (Phi) is 6.03. The zero-order chi connectivity index (χ0) is 25.8. The van der Waals surface area contributed by atoms with E-state index in [-0.39, 0.29) is 4.90 Å². The molecule has 5 rings (SSSR count). The second-order valence-electron chi connectivity index (χ2n) is 9.68. The first-order chi connectivity index (χ1) is 16.9. The van der Waals surface area contributed by atoms with Crippen molar-refractivity contribution in [1.29, 1.82) is 0 Å².